The molecule has 0 aromatic carbocycles. The quantitative estimate of drug-likeness (QED) is 0.809. The van der Waals surface area contributed by atoms with Crippen molar-refractivity contribution in [2.75, 3.05) is 45.9 Å². The number of likely N-dealkylation sites (tertiary alicyclic amines) is 2. The summed E-state index contributed by atoms with van der Waals surface area (Å²) in [6.45, 7) is 6.08. The van der Waals surface area contributed by atoms with Crippen molar-refractivity contribution in [2.24, 2.45) is 17.8 Å². The van der Waals surface area contributed by atoms with E-state index in [0.29, 0.717) is 18.4 Å². The van der Waals surface area contributed by atoms with Crippen LogP contribution in [0.25, 0.3) is 0 Å². The predicted molar refractivity (Wildman–Crippen MR) is 95.9 cm³/mol. The number of hydrogen-bond donors (Lipinski definition) is 2. The summed E-state index contributed by atoms with van der Waals surface area (Å²) in [4.78, 5) is 17.1. The van der Waals surface area contributed by atoms with E-state index in [1.807, 2.05) is 4.90 Å². The summed E-state index contributed by atoms with van der Waals surface area (Å²) < 4.78 is 0. The van der Waals surface area contributed by atoms with Gasteiger partial charge in [0, 0.05) is 38.7 Å². The van der Waals surface area contributed by atoms with Crippen molar-refractivity contribution < 1.29 is 9.90 Å². The summed E-state index contributed by atoms with van der Waals surface area (Å²) in [6.07, 6.45) is 10.2. The Morgan fingerprint density at radius 1 is 0.958 bits per heavy atom. The van der Waals surface area contributed by atoms with Crippen molar-refractivity contribution in [3.8, 4) is 0 Å². The topological polar surface area (TPSA) is 55.8 Å². The van der Waals surface area contributed by atoms with Gasteiger partial charge in [0.2, 0.25) is 0 Å². The predicted octanol–water partition coefficient (Wildman–Crippen LogP) is 2.30. The molecule has 5 nitrogen and oxygen atoms in total. The Kier molecular flexibility index (Phi) is 6.78. The first-order chi connectivity index (χ1) is 11.7. The van der Waals surface area contributed by atoms with Crippen LogP contribution < -0.4 is 5.32 Å². The Morgan fingerprint density at radius 2 is 1.67 bits per heavy atom. The molecule has 0 spiro atoms. The van der Waals surface area contributed by atoms with Crippen LogP contribution in [-0.2, 0) is 0 Å². The van der Waals surface area contributed by atoms with E-state index in [2.05, 4.69) is 10.2 Å². The van der Waals surface area contributed by atoms with Crippen LogP contribution in [0.1, 0.15) is 51.4 Å². The molecule has 3 aliphatic rings. The van der Waals surface area contributed by atoms with E-state index in [4.69, 9.17) is 0 Å². The standard InChI is InChI=1S/C19H35N3O2/c23-15-18-10-17(12-21-8-4-5-9-21)13-22(14-18)19(24)20-11-16-6-2-1-3-7-16/h16-18,23H,1-15H2,(H,20,24)/t17-,18-/m1/s1. The normalized spacial score (nSPS) is 29.8. The van der Waals surface area contributed by atoms with Gasteiger partial charge in [-0.05, 0) is 57.0 Å². The molecule has 5 heteroatoms. The monoisotopic (exact) mass is 337 g/mol. The molecule has 2 heterocycles. The number of rotatable bonds is 5. The number of piperidine rings is 1. The minimum atomic E-state index is 0.0881. The zero-order valence-corrected chi connectivity index (χ0v) is 15.1. The van der Waals surface area contributed by atoms with Crippen molar-refractivity contribution >= 4 is 6.03 Å². The molecule has 0 radical (unpaired) electrons. The summed E-state index contributed by atoms with van der Waals surface area (Å²) in [6, 6.07) is 0.0881. The van der Waals surface area contributed by atoms with Gasteiger partial charge in [-0.25, -0.2) is 4.79 Å². The lowest BCUT2D eigenvalue weighted by Gasteiger charge is -2.39. The van der Waals surface area contributed by atoms with Gasteiger partial charge < -0.3 is 20.2 Å². The summed E-state index contributed by atoms with van der Waals surface area (Å²) in [5.74, 6) is 1.42. The van der Waals surface area contributed by atoms with E-state index in [0.717, 1.165) is 26.1 Å². The lowest BCUT2D eigenvalue weighted by atomic mass is 9.89. The molecule has 24 heavy (non-hydrogen) atoms. The minimum absolute atomic E-state index is 0.0881. The summed E-state index contributed by atoms with van der Waals surface area (Å²) in [5.41, 5.74) is 0. The van der Waals surface area contributed by atoms with E-state index >= 15 is 0 Å². The van der Waals surface area contributed by atoms with Crippen molar-refractivity contribution in [3.05, 3.63) is 0 Å². The van der Waals surface area contributed by atoms with Crippen LogP contribution in [0, 0.1) is 17.8 Å². The molecule has 3 fully saturated rings. The van der Waals surface area contributed by atoms with Gasteiger partial charge in [-0.15, -0.1) is 0 Å². The molecule has 2 N–H and O–H groups in total. The SMILES string of the molecule is O=C(NCC1CCCCC1)N1C[C@H](CO)C[C@H](CN2CCCC2)C1. The number of amides is 2. The fraction of sp³-hybridized carbons (Fsp3) is 0.947. The molecule has 0 bridgehead atoms. The lowest BCUT2D eigenvalue weighted by Crippen LogP contribution is -2.51. The van der Waals surface area contributed by atoms with Gasteiger partial charge in [0.1, 0.15) is 0 Å². The molecule has 2 aliphatic heterocycles. The van der Waals surface area contributed by atoms with Gasteiger partial charge in [-0.1, -0.05) is 19.3 Å². The van der Waals surface area contributed by atoms with Crippen LogP contribution in [0.2, 0.25) is 0 Å². The maximum atomic E-state index is 12.6. The molecule has 0 unspecified atom stereocenters. The number of nitrogens with one attached hydrogen (secondary N) is 1. The Hall–Kier alpha value is -0.810. The molecule has 2 atom stereocenters. The number of aliphatic hydroxyl groups is 1. The van der Waals surface area contributed by atoms with Crippen molar-refractivity contribution in [3.63, 3.8) is 0 Å². The first-order valence-electron chi connectivity index (χ1n) is 10.1. The third-order valence-electron chi connectivity index (χ3n) is 6.15. The first-order valence-corrected chi connectivity index (χ1v) is 10.1. The molecular weight excluding hydrogens is 302 g/mol. The second-order valence-electron chi connectivity index (χ2n) is 8.25. The van der Waals surface area contributed by atoms with Crippen molar-refractivity contribution in [1.29, 1.82) is 0 Å². The molecule has 1 aliphatic carbocycles. The average Bonchev–Trinajstić information content (AvgIpc) is 3.13. The van der Waals surface area contributed by atoms with Gasteiger partial charge in [-0.3, -0.25) is 0 Å². The van der Waals surface area contributed by atoms with Gasteiger partial charge in [-0.2, -0.15) is 0 Å². The third-order valence-corrected chi connectivity index (χ3v) is 6.15. The maximum Gasteiger partial charge on any atom is 0.317 e. The minimum Gasteiger partial charge on any atom is -0.396 e. The Balaban J connectivity index is 1.47. The van der Waals surface area contributed by atoms with Gasteiger partial charge in [0.15, 0.2) is 0 Å². The van der Waals surface area contributed by atoms with Crippen LogP contribution in [0.5, 0.6) is 0 Å². The molecule has 0 aromatic heterocycles. The number of aliphatic hydroxyl groups excluding tert-OH is 1. The van der Waals surface area contributed by atoms with Crippen molar-refractivity contribution in [2.45, 2.75) is 51.4 Å². The smallest absolute Gasteiger partial charge is 0.317 e. The van der Waals surface area contributed by atoms with Crippen LogP contribution in [0.15, 0.2) is 0 Å². The van der Waals surface area contributed by atoms with Crippen LogP contribution in [0.4, 0.5) is 4.79 Å². The van der Waals surface area contributed by atoms with Gasteiger partial charge in [0.05, 0.1) is 0 Å². The largest absolute Gasteiger partial charge is 0.396 e. The van der Waals surface area contributed by atoms with E-state index in [9.17, 15) is 9.90 Å². The highest BCUT2D eigenvalue weighted by Gasteiger charge is 2.31. The Morgan fingerprint density at radius 3 is 2.38 bits per heavy atom. The molecule has 2 saturated heterocycles. The summed E-state index contributed by atoms with van der Waals surface area (Å²) in [5, 5.41) is 12.8. The highest BCUT2D eigenvalue weighted by Crippen LogP contribution is 2.25. The molecule has 3 rings (SSSR count). The van der Waals surface area contributed by atoms with Crippen LogP contribution in [0.3, 0.4) is 0 Å². The number of hydrogen-bond acceptors (Lipinski definition) is 3. The van der Waals surface area contributed by atoms with Gasteiger partial charge in [0.25, 0.3) is 0 Å². The number of carbonyl (C=O) groups excluding carboxylic acids is 1. The number of urea groups is 1. The van der Waals surface area contributed by atoms with Crippen LogP contribution in [-0.4, -0.2) is 66.8 Å². The fourth-order valence-corrected chi connectivity index (χ4v) is 4.81. The highest BCUT2D eigenvalue weighted by atomic mass is 16.3. The Bertz CT molecular complexity index is 392. The third kappa shape index (κ3) is 5.09. The van der Waals surface area contributed by atoms with E-state index < -0.39 is 0 Å². The first kappa shape index (κ1) is 18.0. The van der Waals surface area contributed by atoms with Gasteiger partial charge >= 0.3 is 6.03 Å². The molecule has 2 amide bonds. The highest BCUT2D eigenvalue weighted by molar-refractivity contribution is 5.74. The molecular formula is C19H35N3O2. The van der Waals surface area contributed by atoms with E-state index in [1.54, 1.807) is 0 Å². The zero-order chi connectivity index (χ0) is 16.8. The number of nitrogens with zero attached hydrogens (tertiary/aromatic N) is 2. The Labute approximate surface area is 146 Å². The van der Waals surface area contributed by atoms with E-state index in [1.165, 1.54) is 58.0 Å². The summed E-state index contributed by atoms with van der Waals surface area (Å²) in [7, 11) is 0. The van der Waals surface area contributed by atoms with Crippen molar-refractivity contribution in [1.82, 2.24) is 15.1 Å². The van der Waals surface area contributed by atoms with Crippen LogP contribution >= 0.6 is 0 Å². The average molecular weight is 338 g/mol. The molecule has 1 saturated carbocycles. The number of carbonyl (C=O) groups is 1. The second kappa shape index (κ2) is 9.04. The molecule has 0 aromatic rings. The maximum absolute atomic E-state index is 12.6. The fourth-order valence-electron chi connectivity index (χ4n) is 4.81. The summed E-state index contributed by atoms with van der Waals surface area (Å²) >= 11 is 0. The van der Waals surface area contributed by atoms with E-state index in [-0.39, 0.29) is 18.6 Å². The second-order valence-corrected chi connectivity index (χ2v) is 8.25. The zero-order valence-electron chi connectivity index (χ0n) is 15.1. The lowest BCUT2D eigenvalue weighted by molar-refractivity contribution is 0.0851. The molecule has 138 valence electrons.